The SMILES string of the molecule is Cc1ccccc1NC(=S)/C(=C(/O)c1ccc(OC(F)F)cc1)[n+]1ccc(C(C)(C)C)cc1. The molecular formula is C26H27F2N2O2S+. The van der Waals surface area contributed by atoms with Crippen LogP contribution >= 0.6 is 12.2 Å². The van der Waals surface area contributed by atoms with Crippen molar-refractivity contribution in [1.82, 2.24) is 0 Å². The molecule has 0 saturated heterocycles. The number of anilines is 1. The fraction of sp³-hybridized carbons (Fsp3) is 0.231. The molecule has 7 heteroatoms. The number of nitrogens with one attached hydrogen (secondary N) is 1. The molecule has 0 amide bonds. The Hall–Kier alpha value is -3.32. The Bertz CT molecular complexity index is 1150. The molecule has 1 aromatic heterocycles. The van der Waals surface area contributed by atoms with Gasteiger partial charge in [-0.1, -0.05) is 51.2 Å². The van der Waals surface area contributed by atoms with Crippen LogP contribution in [0.15, 0.2) is 73.1 Å². The van der Waals surface area contributed by atoms with Gasteiger partial charge in [0.2, 0.25) is 0 Å². The first-order valence-electron chi connectivity index (χ1n) is 10.4. The number of aliphatic hydroxyl groups excluding tert-OH is 1. The maximum absolute atomic E-state index is 12.5. The third-order valence-corrected chi connectivity index (χ3v) is 5.43. The highest BCUT2D eigenvalue weighted by molar-refractivity contribution is 7.81. The maximum Gasteiger partial charge on any atom is 0.387 e. The minimum atomic E-state index is -2.92. The molecule has 0 saturated carbocycles. The van der Waals surface area contributed by atoms with Crippen molar-refractivity contribution in [2.24, 2.45) is 0 Å². The molecule has 2 N–H and O–H groups in total. The topological polar surface area (TPSA) is 45.4 Å². The van der Waals surface area contributed by atoms with Crippen molar-refractivity contribution < 1.29 is 23.2 Å². The van der Waals surface area contributed by atoms with Crippen molar-refractivity contribution in [2.45, 2.75) is 39.7 Å². The van der Waals surface area contributed by atoms with E-state index in [2.05, 4.69) is 30.8 Å². The second kappa shape index (κ2) is 10.1. The van der Waals surface area contributed by atoms with E-state index in [0.717, 1.165) is 16.8 Å². The number of ether oxygens (including phenoxy) is 1. The van der Waals surface area contributed by atoms with Crippen LogP contribution in [0, 0.1) is 6.92 Å². The van der Waals surface area contributed by atoms with E-state index in [1.54, 1.807) is 4.57 Å². The Kier molecular flexibility index (Phi) is 7.43. The summed E-state index contributed by atoms with van der Waals surface area (Å²) < 4.78 is 31.1. The van der Waals surface area contributed by atoms with Gasteiger partial charge in [-0.2, -0.15) is 13.3 Å². The normalized spacial score (nSPS) is 12.3. The number of hydrogen-bond donors (Lipinski definition) is 2. The Morgan fingerprint density at radius 2 is 1.61 bits per heavy atom. The molecule has 33 heavy (non-hydrogen) atoms. The Morgan fingerprint density at radius 1 is 1.00 bits per heavy atom. The number of halogens is 2. The average Bonchev–Trinajstić information content (AvgIpc) is 2.75. The first kappa shape index (κ1) is 24.3. The summed E-state index contributed by atoms with van der Waals surface area (Å²) in [5, 5.41) is 14.4. The third kappa shape index (κ3) is 6.14. The number of alkyl halides is 2. The molecule has 0 atom stereocenters. The van der Waals surface area contributed by atoms with Gasteiger partial charge in [0, 0.05) is 23.4 Å². The van der Waals surface area contributed by atoms with Gasteiger partial charge in [-0.25, -0.2) is 0 Å². The molecule has 0 aliphatic heterocycles. The van der Waals surface area contributed by atoms with Gasteiger partial charge in [0.05, 0.1) is 0 Å². The minimum absolute atomic E-state index is 0.00546. The predicted octanol–water partition coefficient (Wildman–Crippen LogP) is 6.50. The number of para-hydroxylation sites is 1. The number of rotatable bonds is 6. The molecule has 1 heterocycles. The van der Waals surface area contributed by atoms with Crippen LogP contribution in [-0.2, 0) is 5.41 Å². The number of thiocarbonyl (C=S) groups is 1. The summed E-state index contributed by atoms with van der Waals surface area (Å²) in [6.07, 6.45) is 3.68. The van der Waals surface area contributed by atoms with Crippen LogP contribution in [0.3, 0.4) is 0 Å². The van der Waals surface area contributed by atoms with Gasteiger partial charge < -0.3 is 15.2 Å². The van der Waals surface area contributed by atoms with Crippen LogP contribution in [0.25, 0.3) is 11.5 Å². The van der Waals surface area contributed by atoms with E-state index in [1.807, 2.05) is 55.7 Å². The van der Waals surface area contributed by atoms with Gasteiger partial charge in [0.1, 0.15) is 5.75 Å². The number of aromatic nitrogens is 1. The van der Waals surface area contributed by atoms with Crippen molar-refractivity contribution in [2.75, 3.05) is 5.32 Å². The van der Waals surface area contributed by atoms with E-state index in [-0.39, 0.29) is 16.9 Å². The van der Waals surface area contributed by atoms with Crippen molar-refractivity contribution in [3.8, 4) is 5.75 Å². The van der Waals surface area contributed by atoms with E-state index < -0.39 is 6.61 Å². The number of benzene rings is 2. The van der Waals surface area contributed by atoms with Crippen LogP contribution in [0.4, 0.5) is 14.5 Å². The fourth-order valence-electron chi connectivity index (χ4n) is 3.25. The molecule has 2 aromatic carbocycles. The fourth-order valence-corrected chi connectivity index (χ4v) is 3.56. The molecule has 3 rings (SSSR count). The Balaban J connectivity index is 2.05. The van der Waals surface area contributed by atoms with Crippen LogP contribution in [0.1, 0.15) is 37.5 Å². The molecule has 0 aliphatic carbocycles. The molecule has 3 aromatic rings. The van der Waals surface area contributed by atoms with Crippen LogP contribution in [-0.4, -0.2) is 16.7 Å². The van der Waals surface area contributed by atoms with Gasteiger partial charge in [0.15, 0.2) is 23.1 Å². The van der Waals surface area contributed by atoms with Gasteiger partial charge in [-0.05, 0) is 53.8 Å². The zero-order chi connectivity index (χ0) is 24.2. The molecule has 172 valence electrons. The monoisotopic (exact) mass is 469 g/mol. The highest BCUT2D eigenvalue weighted by Gasteiger charge is 2.25. The average molecular weight is 470 g/mol. The largest absolute Gasteiger partial charge is 0.502 e. The van der Waals surface area contributed by atoms with Crippen LogP contribution < -0.4 is 14.6 Å². The third-order valence-electron chi connectivity index (χ3n) is 5.14. The highest BCUT2D eigenvalue weighted by atomic mass is 32.1. The molecule has 0 radical (unpaired) electrons. The quantitative estimate of drug-likeness (QED) is 0.187. The second-order valence-corrected chi connectivity index (χ2v) is 9.02. The van der Waals surface area contributed by atoms with Crippen LogP contribution in [0.5, 0.6) is 5.75 Å². The van der Waals surface area contributed by atoms with Crippen molar-refractivity contribution >= 4 is 34.3 Å². The summed E-state index contributed by atoms with van der Waals surface area (Å²) in [6, 6.07) is 17.4. The number of aryl methyl sites for hydroxylation is 1. The Morgan fingerprint density at radius 3 is 2.15 bits per heavy atom. The highest BCUT2D eigenvalue weighted by Crippen LogP contribution is 2.24. The van der Waals surface area contributed by atoms with E-state index in [9.17, 15) is 13.9 Å². The smallest absolute Gasteiger partial charge is 0.387 e. The number of aliphatic hydroxyl groups is 1. The zero-order valence-corrected chi connectivity index (χ0v) is 19.8. The van der Waals surface area contributed by atoms with E-state index in [0.29, 0.717) is 16.2 Å². The van der Waals surface area contributed by atoms with Gasteiger partial charge >= 0.3 is 6.61 Å². The van der Waals surface area contributed by atoms with E-state index in [1.165, 1.54) is 24.3 Å². The summed E-state index contributed by atoms with van der Waals surface area (Å²) in [4.78, 5) is 0.309. The molecule has 0 unspecified atom stereocenters. The first-order chi connectivity index (χ1) is 15.6. The molecule has 0 aliphatic rings. The standard InChI is InChI=1S/C26H26F2N2O2S/c1-17-7-5-6-8-21(17)29-24(33)22(30-15-13-19(14-16-30)26(2,3)4)23(31)18-9-11-20(12-10-18)32-25(27)28/h5-16,25H,1-4H3,(H-,29,31,33)/p+1. The molecular weight excluding hydrogens is 442 g/mol. The van der Waals surface area contributed by atoms with Gasteiger partial charge in [-0.15, -0.1) is 0 Å². The molecule has 0 spiro atoms. The lowest BCUT2D eigenvalue weighted by Gasteiger charge is -2.18. The maximum atomic E-state index is 12.5. The molecule has 0 fully saturated rings. The summed E-state index contributed by atoms with van der Waals surface area (Å²) in [5.74, 6) is -0.0934. The summed E-state index contributed by atoms with van der Waals surface area (Å²) in [7, 11) is 0. The lowest BCUT2D eigenvalue weighted by molar-refractivity contribution is -0.575. The van der Waals surface area contributed by atoms with Crippen LogP contribution in [0.2, 0.25) is 0 Å². The first-order valence-corrected chi connectivity index (χ1v) is 10.8. The summed E-state index contributed by atoms with van der Waals surface area (Å²) in [5.41, 5.74) is 3.68. The summed E-state index contributed by atoms with van der Waals surface area (Å²) in [6.45, 7) is 5.40. The van der Waals surface area contributed by atoms with E-state index in [4.69, 9.17) is 12.2 Å². The zero-order valence-electron chi connectivity index (χ0n) is 19.0. The van der Waals surface area contributed by atoms with Crippen molar-refractivity contribution in [3.63, 3.8) is 0 Å². The van der Waals surface area contributed by atoms with Gasteiger partial charge in [-0.3, -0.25) is 0 Å². The molecule has 4 nitrogen and oxygen atoms in total. The van der Waals surface area contributed by atoms with Crippen molar-refractivity contribution in [3.05, 3.63) is 89.7 Å². The number of nitrogens with zero attached hydrogens (tertiary/aromatic N) is 1. The lowest BCUT2D eigenvalue weighted by atomic mass is 9.88. The molecule has 0 bridgehead atoms. The Labute approximate surface area is 198 Å². The minimum Gasteiger partial charge on any atom is -0.502 e. The predicted molar refractivity (Wildman–Crippen MR) is 132 cm³/mol. The second-order valence-electron chi connectivity index (χ2n) is 8.61. The van der Waals surface area contributed by atoms with Gasteiger partial charge in [0.25, 0.3) is 5.70 Å². The van der Waals surface area contributed by atoms with Crippen molar-refractivity contribution in [1.29, 1.82) is 0 Å². The number of hydrogen-bond acceptors (Lipinski definition) is 3. The lowest BCUT2D eigenvalue weighted by Crippen LogP contribution is -2.39. The van der Waals surface area contributed by atoms with E-state index >= 15 is 0 Å². The summed E-state index contributed by atoms with van der Waals surface area (Å²) >= 11 is 5.69. The number of pyridine rings is 1.